The van der Waals surface area contributed by atoms with Crippen molar-refractivity contribution in [1.29, 1.82) is 0 Å². The number of sulfonamides is 1. The second-order valence-corrected chi connectivity index (χ2v) is 33.1. The Balaban J connectivity index is 0.618. The summed E-state index contributed by atoms with van der Waals surface area (Å²) in [6, 6.07) is 26.4. The summed E-state index contributed by atoms with van der Waals surface area (Å²) in [5.41, 5.74) is 10.4. The van der Waals surface area contributed by atoms with Crippen LogP contribution in [0.2, 0.25) is 5.02 Å². The summed E-state index contributed by atoms with van der Waals surface area (Å²) in [5, 5.41) is 33.9. The van der Waals surface area contributed by atoms with Gasteiger partial charge in [0.25, 0.3) is 21.6 Å². The number of likely N-dealkylation sites (tertiary alicyclic amines) is 1. The van der Waals surface area contributed by atoms with Crippen molar-refractivity contribution in [2.45, 2.75) is 135 Å². The van der Waals surface area contributed by atoms with Crippen LogP contribution in [0.25, 0.3) is 27.0 Å². The number of fused-ring (bicyclic) bond motifs is 2. The monoisotopic (exact) mass is 1490 g/mol. The lowest BCUT2D eigenvalue weighted by atomic mass is 9.72. The number of ether oxygens (including phenoxy) is 1. The molecule has 4 aromatic carbocycles. The van der Waals surface area contributed by atoms with E-state index >= 15 is 0 Å². The molecular weight excluding hydrogens is 1400 g/mol. The zero-order valence-corrected chi connectivity index (χ0v) is 63.1. The smallest absolute Gasteiger partial charge is 0.293 e. The molecule has 6 N–H and O–H groups in total. The van der Waals surface area contributed by atoms with E-state index in [1.54, 1.807) is 34.0 Å². The molecule has 7 aromatic rings. The van der Waals surface area contributed by atoms with Crippen molar-refractivity contribution in [2.75, 3.05) is 107 Å². The summed E-state index contributed by atoms with van der Waals surface area (Å²) in [4.78, 5) is 107. The summed E-state index contributed by atoms with van der Waals surface area (Å²) in [5.74, 6) is -1.96. The Hall–Kier alpha value is -8.99. The van der Waals surface area contributed by atoms with Crippen LogP contribution in [-0.2, 0) is 29.2 Å². The highest BCUT2D eigenvalue weighted by Gasteiger charge is 2.45. The molecule has 5 amide bonds. The second-order valence-electron chi connectivity index (χ2n) is 30.1. The topological polar surface area (TPSA) is 301 Å². The highest BCUT2D eigenvalue weighted by Crippen LogP contribution is 2.45. The van der Waals surface area contributed by atoms with Gasteiger partial charge in [-0.1, -0.05) is 88.2 Å². The van der Waals surface area contributed by atoms with Crippen molar-refractivity contribution in [1.82, 2.24) is 49.9 Å². The largest absolute Gasteiger partial charge is 0.476 e. The number of aromatic nitrogens is 3. The number of rotatable bonds is 24. The molecule has 4 atom stereocenters. The van der Waals surface area contributed by atoms with Crippen LogP contribution < -0.4 is 35.2 Å². The van der Waals surface area contributed by atoms with Gasteiger partial charge in [0.2, 0.25) is 29.5 Å². The number of β-amino-alcohol motifs (C(OH)–C–C–N with tert-alkyl or cyclic N) is 1. The number of hydrogen-bond acceptors (Lipinski definition) is 19. The van der Waals surface area contributed by atoms with Gasteiger partial charge in [-0.15, -0.1) is 11.3 Å². The van der Waals surface area contributed by atoms with Gasteiger partial charge in [0.15, 0.2) is 0 Å². The van der Waals surface area contributed by atoms with E-state index in [1.165, 1.54) is 33.7 Å². The molecule has 7 heterocycles. The number of aliphatic hydroxyl groups excluding tert-OH is 1. The molecule has 12 rings (SSSR count). The molecule has 1 aliphatic carbocycles. The number of amides is 5. The maximum atomic E-state index is 14.7. The van der Waals surface area contributed by atoms with Gasteiger partial charge in [-0.3, -0.25) is 43.9 Å². The third-order valence-electron chi connectivity index (χ3n) is 20.8. The molecule has 0 saturated carbocycles. The number of hydrogen-bond donors (Lipinski definition) is 6. The normalized spacial score (nSPS) is 18.8. The van der Waals surface area contributed by atoms with Gasteiger partial charge in [-0.25, -0.2) is 18.1 Å². The van der Waals surface area contributed by atoms with Crippen LogP contribution >= 0.6 is 22.9 Å². The molecule has 3 aromatic heterocycles. The Kier molecular flexibility index (Phi) is 23.3. The van der Waals surface area contributed by atoms with E-state index in [9.17, 15) is 47.6 Å². The Labute approximate surface area is 622 Å². The Morgan fingerprint density at radius 3 is 2.31 bits per heavy atom. The zero-order chi connectivity index (χ0) is 74.5. The van der Waals surface area contributed by atoms with Crippen LogP contribution in [0.4, 0.5) is 28.4 Å². The van der Waals surface area contributed by atoms with Gasteiger partial charge < -0.3 is 50.4 Å². The third-order valence-corrected chi connectivity index (χ3v) is 23.4. The lowest BCUT2D eigenvalue weighted by Gasteiger charge is -2.39. The molecule has 0 bridgehead atoms. The van der Waals surface area contributed by atoms with Crippen LogP contribution in [0, 0.1) is 27.9 Å². The molecule has 558 valence electrons. The first-order chi connectivity index (χ1) is 50.1. The van der Waals surface area contributed by atoms with Crippen molar-refractivity contribution in [2.24, 2.45) is 10.8 Å². The van der Waals surface area contributed by atoms with E-state index < -0.39 is 78.8 Å². The van der Waals surface area contributed by atoms with Crippen LogP contribution in [0.3, 0.4) is 0 Å². The van der Waals surface area contributed by atoms with Crippen molar-refractivity contribution < 1.29 is 47.2 Å². The lowest BCUT2D eigenvalue weighted by molar-refractivity contribution is -0.384. The number of aryl methyl sites for hydroxylation is 1. The fraction of sp³-hybridized carbons (Fsp3) is 0.468. The fourth-order valence-corrected chi connectivity index (χ4v) is 16.7. The number of nitrogens with one attached hydrogen (secondary N) is 5. The molecule has 0 radical (unpaired) electrons. The SMILES string of the molecule is Cc1ncsc1-c1ccc([C@H](C)NC(=O)[C@@H]2C[C@@H](O)CN2C(=O)[C@@H](NC(=O)CCCC(=O)N2CCN(CCCNc3ccc(S(=O)(=O)NC(=O)c4ccc(N5CCN(CC6=C(c7ccc(Cl)cc7)CC(C)(C)CC6)CC5)cc4N4CCCOc5nc6[nH]ccc6cc54)cc3[N+](=O)[O-])CC2)C(C)(C)C)cc1. The Morgan fingerprint density at radius 2 is 1.60 bits per heavy atom. The number of H-pyrrole nitrogens is 1. The molecule has 3 fully saturated rings. The van der Waals surface area contributed by atoms with Crippen molar-refractivity contribution in [3.63, 3.8) is 0 Å². The number of allylic oxidation sites excluding steroid dienone is 1. The molecule has 0 unspecified atom stereocenters. The van der Waals surface area contributed by atoms with Crippen molar-refractivity contribution in [3.05, 3.63) is 152 Å². The number of carbonyl (C=O) groups excluding carboxylic acids is 5. The number of benzene rings is 4. The van der Waals surface area contributed by atoms with Gasteiger partial charge in [0, 0.05) is 126 Å². The standard InChI is InChI=1S/C77H95ClN14O11S2/c1-49(51-13-15-53(16-14-51)69-50(2)81-48-104-69)82-73(97)65-43-58(93)47-91(65)75(98)70(76(3,4)5)83-67(94)11-8-12-68(95)89-38-32-86(33-39-89)30-9-28-79-62-24-22-59(44-64(62)92(99)100)105(101,102)85-72(96)60-23-21-57(42-63(60)90-31-10-40-103-74-66(90)41-54-26-29-80-71(54)84-74)88-36-34-87(35-37-88)46-55-25-27-77(6,7)45-61(55)52-17-19-56(78)20-18-52/h13-24,26,29,41-42,44,48-49,58,65,70,79,93H,8-12,25,27-28,30-40,43,45-47H2,1-7H3,(H,80,84)(H,82,97)(H,83,94)(H,85,96)/t49-,58+,65-,70+/m0/s1. The van der Waals surface area contributed by atoms with Gasteiger partial charge in [0.05, 0.1) is 55.9 Å². The number of nitro groups is 1. The van der Waals surface area contributed by atoms with E-state index in [0.29, 0.717) is 106 Å². The minimum absolute atomic E-state index is 0.0115. The molecule has 3 saturated heterocycles. The highest BCUT2D eigenvalue weighted by atomic mass is 35.5. The number of nitrogens with zero attached hydrogens (tertiary/aromatic N) is 9. The predicted octanol–water partition coefficient (Wildman–Crippen LogP) is 10.9. The number of aliphatic hydroxyl groups is 1. The molecule has 0 spiro atoms. The Bertz CT molecular complexity index is 4500. The first-order valence-electron chi connectivity index (χ1n) is 36.3. The zero-order valence-electron chi connectivity index (χ0n) is 60.7. The first kappa shape index (κ1) is 75.7. The first-order valence-corrected chi connectivity index (χ1v) is 39.0. The summed E-state index contributed by atoms with van der Waals surface area (Å²) in [6.45, 7) is 21.5. The van der Waals surface area contributed by atoms with Crippen LogP contribution in [-0.4, -0.2) is 192 Å². The molecule has 4 aliphatic heterocycles. The Morgan fingerprint density at radius 1 is 0.867 bits per heavy atom. The maximum Gasteiger partial charge on any atom is 0.293 e. The second kappa shape index (κ2) is 32.4. The van der Waals surface area contributed by atoms with E-state index in [-0.39, 0.29) is 54.8 Å². The van der Waals surface area contributed by atoms with Crippen LogP contribution in [0.15, 0.2) is 119 Å². The summed E-state index contributed by atoms with van der Waals surface area (Å²) >= 11 is 7.87. The molecule has 5 aliphatic rings. The lowest BCUT2D eigenvalue weighted by Crippen LogP contribution is -2.57. The number of aromatic amines is 1. The molecule has 105 heavy (non-hydrogen) atoms. The number of pyridine rings is 1. The van der Waals surface area contributed by atoms with Gasteiger partial charge >= 0.3 is 0 Å². The number of thiazole rings is 1. The highest BCUT2D eigenvalue weighted by molar-refractivity contribution is 7.90. The molecule has 25 nitrogen and oxygen atoms in total. The summed E-state index contributed by atoms with van der Waals surface area (Å²) < 4.78 is 37.0. The average Bonchev–Trinajstić information content (AvgIpc) is 1.19. The molecule has 28 heteroatoms. The predicted molar refractivity (Wildman–Crippen MR) is 408 cm³/mol. The third kappa shape index (κ3) is 18.1. The minimum Gasteiger partial charge on any atom is -0.476 e. The van der Waals surface area contributed by atoms with Crippen molar-refractivity contribution in [3.8, 4) is 16.3 Å². The van der Waals surface area contributed by atoms with E-state index in [0.717, 1.165) is 77.7 Å². The number of anilines is 4. The summed E-state index contributed by atoms with van der Waals surface area (Å²) in [7, 11) is -4.69. The van der Waals surface area contributed by atoms with E-state index in [4.69, 9.17) is 21.3 Å². The quantitative estimate of drug-likeness (QED) is 0.0186. The van der Waals surface area contributed by atoms with Crippen molar-refractivity contribution >= 4 is 108 Å². The minimum atomic E-state index is -4.69. The summed E-state index contributed by atoms with van der Waals surface area (Å²) in [6.07, 6.45) is 5.51. The number of carbonyl (C=O) groups is 5. The fourth-order valence-electron chi connectivity index (χ4n) is 14.8. The molecular formula is C77H95ClN14O11S2. The number of nitro benzene ring substituents is 1. The van der Waals surface area contributed by atoms with Gasteiger partial charge in [-0.05, 0) is 147 Å². The van der Waals surface area contributed by atoms with E-state index in [2.05, 4.69) is 71.3 Å². The number of halogens is 1. The van der Waals surface area contributed by atoms with Gasteiger partial charge in [-0.2, -0.15) is 4.98 Å². The van der Waals surface area contributed by atoms with E-state index in [1.807, 2.05) is 100 Å². The maximum absolute atomic E-state index is 14.7. The average molecular weight is 1490 g/mol. The van der Waals surface area contributed by atoms with Crippen LogP contribution in [0.5, 0.6) is 5.88 Å². The van der Waals surface area contributed by atoms with Gasteiger partial charge in [0.1, 0.15) is 29.1 Å². The number of piperazine rings is 2. The van der Waals surface area contributed by atoms with Crippen LogP contribution in [0.1, 0.15) is 133 Å².